The van der Waals surface area contributed by atoms with Gasteiger partial charge in [-0.15, -0.1) is 26.6 Å². The molecule has 0 amide bonds. The number of rotatable bonds is 2. The van der Waals surface area contributed by atoms with Gasteiger partial charge in [0.25, 0.3) is 5.82 Å². The number of alkyl halides is 3. The lowest BCUT2D eigenvalue weighted by Crippen LogP contribution is -2.24. The molecule has 3 aromatic heterocycles. The zero-order valence-corrected chi connectivity index (χ0v) is 12.7. The van der Waals surface area contributed by atoms with Gasteiger partial charge in [-0.05, 0) is 36.4 Å². The molecule has 0 spiro atoms. The number of hydrogen-bond donors (Lipinski definition) is 0. The molecule has 0 N–H and O–H groups in total. The molecule has 4 heterocycles. The molecule has 1 atom stereocenters. The van der Waals surface area contributed by atoms with Crippen LogP contribution in [0.15, 0.2) is 29.6 Å². The summed E-state index contributed by atoms with van der Waals surface area (Å²) in [5.74, 6) is -0.583. The predicted octanol–water partition coefficient (Wildman–Crippen LogP) is 3.55. The number of anilines is 1. The van der Waals surface area contributed by atoms with E-state index in [4.69, 9.17) is 0 Å². The largest absolute Gasteiger partial charge is 0.453 e. The molecule has 5 nitrogen and oxygen atoms in total. The normalized spacial score (nSPS) is 18.9. The summed E-state index contributed by atoms with van der Waals surface area (Å²) in [5.41, 5.74) is 0.0907. The van der Waals surface area contributed by atoms with E-state index < -0.39 is 12.0 Å². The van der Waals surface area contributed by atoms with Crippen LogP contribution in [0.5, 0.6) is 0 Å². The Morgan fingerprint density at radius 2 is 2.04 bits per heavy atom. The van der Waals surface area contributed by atoms with E-state index in [1.54, 1.807) is 17.4 Å². The van der Waals surface area contributed by atoms with Crippen LogP contribution in [0.3, 0.4) is 0 Å². The third-order valence-corrected chi connectivity index (χ3v) is 4.89. The Bertz CT molecular complexity index is 827. The van der Waals surface area contributed by atoms with Crippen molar-refractivity contribution in [2.45, 2.75) is 25.1 Å². The van der Waals surface area contributed by atoms with E-state index in [-0.39, 0.29) is 11.7 Å². The maximum Gasteiger partial charge on any atom is 0.453 e. The molecule has 4 rings (SSSR count). The van der Waals surface area contributed by atoms with Gasteiger partial charge in [-0.3, -0.25) is 0 Å². The molecule has 0 bridgehead atoms. The molecular formula is C14H12F3N5S. The monoisotopic (exact) mass is 339 g/mol. The molecule has 0 radical (unpaired) electrons. The number of fused-ring (bicyclic) bond motifs is 1. The zero-order valence-electron chi connectivity index (χ0n) is 11.9. The number of hydrogen-bond acceptors (Lipinski definition) is 5. The van der Waals surface area contributed by atoms with E-state index in [1.807, 2.05) is 22.4 Å². The molecule has 1 aliphatic heterocycles. The molecule has 3 aromatic rings. The second-order valence-electron chi connectivity index (χ2n) is 5.35. The van der Waals surface area contributed by atoms with Gasteiger partial charge in [-0.2, -0.15) is 17.7 Å². The second-order valence-corrected chi connectivity index (χ2v) is 6.33. The molecule has 9 heteroatoms. The van der Waals surface area contributed by atoms with Crippen LogP contribution in [-0.2, 0) is 6.18 Å². The average Bonchev–Trinajstić information content (AvgIpc) is 3.24. The van der Waals surface area contributed by atoms with E-state index in [9.17, 15) is 13.2 Å². The Morgan fingerprint density at radius 3 is 2.78 bits per heavy atom. The highest BCUT2D eigenvalue weighted by Crippen LogP contribution is 2.37. The lowest BCUT2D eigenvalue weighted by Gasteiger charge is -2.24. The Labute approximate surface area is 133 Å². The van der Waals surface area contributed by atoms with Crippen LogP contribution in [0.25, 0.3) is 5.65 Å². The first-order valence-corrected chi connectivity index (χ1v) is 8.02. The van der Waals surface area contributed by atoms with Gasteiger partial charge >= 0.3 is 6.18 Å². The first kappa shape index (κ1) is 14.4. The van der Waals surface area contributed by atoms with Crippen molar-refractivity contribution in [3.05, 3.63) is 40.3 Å². The minimum atomic E-state index is -4.58. The standard InChI is InChI=1S/C14H12F3N5S/c15-14(16,17)13-19-18-11-5-6-12(20-22(11)13)21-7-1-3-9(21)10-4-2-8-23-10/h2,4-6,8-9H,1,3,7H2/t9-/m0/s1. The molecule has 0 aromatic carbocycles. The highest BCUT2D eigenvalue weighted by Gasteiger charge is 2.38. The Kier molecular flexibility index (Phi) is 3.26. The van der Waals surface area contributed by atoms with Crippen LogP contribution in [0.4, 0.5) is 19.0 Å². The van der Waals surface area contributed by atoms with Crippen LogP contribution in [-0.4, -0.2) is 26.4 Å². The summed E-state index contributed by atoms with van der Waals surface area (Å²) in [7, 11) is 0. The molecule has 1 aliphatic rings. The SMILES string of the molecule is FC(F)(F)c1nnc2ccc(N3CCC[C@H]3c3cccs3)nn12. The summed E-state index contributed by atoms with van der Waals surface area (Å²) in [5, 5.41) is 12.9. The molecule has 0 aliphatic carbocycles. The first-order chi connectivity index (χ1) is 11.0. The Hall–Kier alpha value is -2.16. The Morgan fingerprint density at radius 1 is 1.17 bits per heavy atom. The van der Waals surface area contributed by atoms with Crippen molar-refractivity contribution in [1.82, 2.24) is 19.8 Å². The van der Waals surface area contributed by atoms with Crippen LogP contribution in [0.1, 0.15) is 29.6 Å². The number of thiophene rings is 1. The first-order valence-electron chi connectivity index (χ1n) is 7.14. The fraction of sp³-hybridized carbons (Fsp3) is 0.357. The smallest absolute Gasteiger partial charge is 0.347 e. The van der Waals surface area contributed by atoms with Gasteiger partial charge in [0.05, 0.1) is 6.04 Å². The van der Waals surface area contributed by atoms with Crippen molar-refractivity contribution < 1.29 is 13.2 Å². The molecule has 1 saturated heterocycles. The third-order valence-electron chi connectivity index (χ3n) is 3.92. The fourth-order valence-corrected chi connectivity index (χ4v) is 3.80. The molecule has 23 heavy (non-hydrogen) atoms. The van der Waals surface area contributed by atoms with Crippen LogP contribution >= 0.6 is 11.3 Å². The molecule has 120 valence electrons. The van der Waals surface area contributed by atoms with Gasteiger partial charge in [0.1, 0.15) is 5.82 Å². The average molecular weight is 339 g/mol. The van der Waals surface area contributed by atoms with Crippen molar-refractivity contribution in [2.75, 3.05) is 11.4 Å². The van der Waals surface area contributed by atoms with E-state index in [0.29, 0.717) is 5.82 Å². The minimum Gasteiger partial charge on any atom is -0.347 e. The molecule has 1 fully saturated rings. The molecular weight excluding hydrogens is 327 g/mol. The fourth-order valence-electron chi connectivity index (χ4n) is 2.93. The number of nitrogens with zero attached hydrogens (tertiary/aromatic N) is 5. The maximum absolute atomic E-state index is 13.0. The minimum absolute atomic E-state index is 0.0907. The summed E-state index contributed by atoms with van der Waals surface area (Å²) >= 11 is 1.65. The topological polar surface area (TPSA) is 46.3 Å². The van der Waals surface area contributed by atoms with Crippen molar-refractivity contribution in [3.63, 3.8) is 0 Å². The van der Waals surface area contributed by atoms with E-state index in [1.165, 1.54) is 10.9 Å². The van der Waals surface area contributed by atoms with Crippen molar-refractivity contribution >= 4 is 22.8 Å². The lowest BCUT2D eigenvalue weighted by atomic mass is 10.2. The lowest BCUT2D eigenvalue weighted by molar-refractivity contribution is -0.146. The predicted molar refractivity (Wildman–Crippen MR) is 79.4 cm³/mol. The Balaban J connectivity index is 1.77. The second kappa shape index (κ2) is 5.19. The summed E-state index contributed by atoms with van der Waals surface area (Å²) < 4.78 is 39.7. The van der Waals surface area contributed by atoms with Crippen LogP contribution < -0.4 is 4.90 Å². The molecule has 0 unspecified atom stereocenters. The summed E-state index contributed by atoms with van der Waals surface area (Å²) in [6.07, 6.45) is -2.63. The zero-order chi connectivity index (χ0) is 16.0. The number of aromatic nitrogens is 4. The van der Waals surface area contributed by atoms with Crippen molar-refractivity contribution in [1.29, 1.82) is 0 Å². The van der Waals surface area contributed by atoms with Crippen molar-refractivity contribution in [2.24, 2.45) is 0 Å². The molecule has 0 saturated carbocycles. The third kappa shape index (κ3) is 2.44. The van der Waals surface area contributed by atoms with Gasteiger partial charge in [0.15, 0.2) is 5.65 Å². The van der Waals surface area contributed by atoms with Crippen LogP contribution in [0, 0.1) is 0 Å². The summed E-state index contributed by atoms with van der Waals surface area (Å²) in [6.45, 7) is 0.768. The summed E-state index contributed by atoms with van der Waals surface area (Å²) in [4.78, 5) is 3.25. The van der Waals surface area contributed by atoms with Gasteiger partial charge in [-0.1, -0.05) is 6.07 Å². The van der Waals surface area contributed by atoms with Gasteiger partial charge < -0.3 is 4.90 Å². The van der Waals surface area contributed by atoms with E-state index >= 15 is 0 Å². The number of halogens is 3. The van der Waals surface area contributed by atoms with E-state index in [0.717, 1.165) is 23.9 Å². The highest BCUT2D eigenvalue weighted by molar-refractivity contribution is 7.10. The maximum atomic E-state index is 13.0. The van der Waals surface area contributed by atoms with Gasteiger partial charge in [0, 0.05) is 11.4 Å². The summed E-state index contributed by atoms with van der Waals surface area (Å²) in [6, 6.07) is 7.41. The van der Waals surface area contributed by atoms with Gasteiger partial charge in [-0.25, -0.2) is 0 Å². The van der Waals surface area contributed by atoms with Gasteiger partial charge in [0.2, 0.25) is 0 Å². The van der Waals surface area contributed by atoms with E-state index in [2.05, 4.69) is 15.3 Å². The highest BCUT2D eigenvalue weighted by atomic mass is 32.1. The van der Waals surface area contributed by atoms with Crippen LogP contribution in [0.2, 0.25) is 0 Å². The quantitative estimate of drug-likeness (QED) is 0.716. The van der Waals surface area contributed by atoms with Crippen molar-refractivity contribution in [3.8, 4) is 0 Å².